The van der Waals surface area contributed by atoms with Crippen LogP contribution in [0.1, 0.15) is 25.7 Å². The molecule has 1 aromatic heterocycles. The minimum Gasteiger partial charge on any atom is -0.144 e. The van der Waals surface area contributed by atoms with Crippen LogP contribution < -0.4 is 0 Å². The highest BCUT2D eigenvalue weighted by Crippen LogP contribution is 2.35. The van der Waals surface area contributed by atoms with Crippen LogP contribution in [0.3, 0.4) is 0 Å². The van der Waals surface area contributed by atoms with Gasteiger partial charge in [0.1, 0.15) is 0 Å². The van der Waals surface area contributed by atoms with E-state index in [0.29, 0.717) is 4.83 Å². The first kappa shape index (κ1) is 13.3. The van der Waals surface area contributed by atoms with E-state index in [9.17, 15) is 0 Å². The Morgan fingerprint density at radius 1 is 1.18 bits per heavy atom. The molecule has 2 aromatic rings. The molecule has 0 amide bonds. The van der Waals surface area contributed by atoms with Crippen molar-refractivity contribution in [1.82, 2.24) is 0 Å². The first-order valence-corrected chi connectivity index (χ1v) is 8.04. The Morgan fingerprint density at radius 2 is 1.82 bits per heavy atom. The Kier molecular flexibility index (Phi) is 4.45. The Bertz CT molecular complexity index is 499. The lowest BCUT2D eigenvalue weighted by molar-refractivity contribution is 0.960. The Balaban J connectivity index is 2.14. The number of alkyl halides is 1. The van der Waals surface area contributed by atoms with Crippen LogP contribution >= 0.6 is 43.2 Å². The zero-order valence-corrected chi connectivity index (χ0v) is 13.8. The summed E-state index contributed by atoms with van der Waals surface area (Å²) in [6.45, 7) is 4.36. The molecule has 0 nitrogen and oxygen atoms in total. The molecular formula is C14H14Br2S. The van der Waals surface area contributed by atoms with Crippen molar-refractivity contribution in [3.8, 4) is 0 Å². The fourth-order valence-electron chi connectivity index (χ4n) is 1.89. The first-order valence-electron chi connectivity index (χ1n) is 5.51. The minimum absolute atomic E-state index is 0.419. The molecule has 0 aliphatic carbocycles. The standard InChI is InChI=1S/C14H14Br2S/c1-9-7-10(2)17-14(9)13(16)8-11-3-5-12(15)6-4-11/h3-7,13H,8H2,1-2H3. The van der Waals surface area contributed by atoms with Crippen molar-refractivity contribution in [2.45, 2.75) is 25.1 Å². The molecule has 0 radical (unpaired) electrons. The average molecular weight is 374 g/mol. The maximum atomic E-state index is 3.80. The van der Waals surface area contributed by atoms with E-state index in [2.05, 4.69) is 76.0 Å². The minimum atomic E-state index is 0.419. The van der Waals surface area contributed by atoms with Gasteiger partial charge in [-0.05, 0) is 49.6 Å². The lowest BCUT2D eigenvalue weighted by atomic mass is 10.1. The molecule has 0 saturated heterocycles. The summed E-state index contributed by atoms with van der Waals surface area (Å²) in [5.41, 5.74) is 2.76. The van der Waals surface area contributed by atoms with Gasteiger partial charge in [0, 0.05) is 14.2 Å². The van der Waals surface area contributed by atoms with Crippen molar-refractivity contribution in [1.29, 1.82) is 0 Å². The number of rotatable bonds is 3. The molecule has 1 heterocycles. The summed E-state index contributed by atoms with van der Waals surface area (Å²) < 4.78 is 1.13. The van der Waals surface area contributed by atoms with Crippen LogP contribution in [0.15, 0.2) is 34.8 Å². The van der Waals surface area contributed by atoms with Crippen LogP contribution in [-0.2, 0) is 6.42 Å². The van der Waals surface area contributed by atoms with E-state index in [0.717, 1.165) is 10.9 Å². The van der Waals surface area contributed by atoms with E-state index in [4.69, 9.17) is 0 Å². The van der Waals surface area contributed by atoms with E-state index in [-0.39, 0.29) is 0 Å². The molecule has 0 N–H and O–H groups in total. The van der Waals surface area contributed by atoms with E-state index in [1.54, 1.807) is 0 Å². The third-order valence-corrected chi connectivity index (χ3v) is 5.57. The van der Waals surface area contributed by atoms with Gasteiger partial charge in [0.2, 0.25) is 0 Å². The van der Waals surface area contributed by atoms with Gasteiger partial charge in [-0.2, -0.15) is 0 Å². The third kappa shape index (κ3) is 3.43. The van der Waals surface area contributed by atoms with Crippen LogP contribution in [0.25, 0.3) is 0 Å². The molecule has 0 bridgehead atoms. The largest absolute Gasteiger partial charge is 0.144 e. The molecular weight excluding hydrogens is 360 g/mol. The van der Waals surface area contributed by atoms with E-state index in [1.165, 1.54) is 20.9 Å². The maximum Gasteiger partial charge on any atom is 0.0532 e. The molecule has 1 atom stereocenters. The van der Waals surface area contributed by atoms with Gasteiger partial charge in [0.15, 0.2) is 0 Å². The highest BCUT2D eigenvalue weighted by Gasteiger charge is 2.13. The quantitative estimate of drug-likeness (QED) is 0.596. The van der Waals surface area contributed by atoms with Crippen molar-refractivity contribution < 1.29 is 0 Å². The molecule has 0 aliphatic rings. The fourth-order valence-corrected chi connectivity index (χ4v) is 4.18. The summed E-state index contributed by atoms with van der Waals surface area (Å²) in [7, 11) is 0. The summed E-state index contributed by atoms with van der Waals surface area (Å²) in [5.74, 6) is 0. The predicted octanol–water partition coefficient (Wildman–Crippen LogP) is 5.81. The summed E-state index contributed by atoms with van der Waals surface area (Å²) in [6, 6.07) is 10.8. The lowest BCUT2D eigenvalue weighted by Crippen LogP contribution is -1.94. The average Bonchev–Trinajstić information content (AvgIpc) is 2.61. The molecule has 2 rings (SSSR count). The number of benzene rings is 1. The molecule has 3 heteroatoms. The topological polar surface area (TPSA) is 0 Å². The molecule has 0 fully saturated rings. The highest BCUT2D eigenvalue weighted by molar-refractivity contribution is 9.10. The Morgan fingerprint density at radius 3 is 2.35 bits per heavy atom. The van der Waals surface area contributed by atoms with Gasteiger partial charge >= 0.3 is 0 Å². The second-order valence-corrected chi connectivity index (χ2v) is 7.51. The van der Waals surface area contributed by atoms with Gasteiger partial charge in [-0.1, -0.05) is 44.0 Å². The molecule has 1 aromatic carbocycles. The maximum absolute atomic E-state index is 3.80. The van der Waals surface area contributed by atoms with Crippen molar-refractivity contribution in [3.05, 3.63) is 55.7 Å². The highest BCUT2D eigenvalue weighted by atomic mass is 79.9. The summed E-state index contributed by atoms with van der Waals surface area (Å²) in [5, 5.41) is 0. The van der Waals surface area contributed by atoms with Crippen LogP contribution in [-0.4, -0.2) is 0 Å². The van der Waals surface area contributed by atoms with Crippen LogP contribution in [0.5, 0.6) is 0 Å². The lowest BCUT2D eigenvalue weighted by Gasteiger charge is -2.09. The molecule has 0 spiro atoms. The summed E-state index contributed by atoms with van der Waals surface area (Å²) >= 11 is 9.15. The molecule has 0 aliphatic heterocycles. The van der Waals surface area contributed by atoms with Crippen molar-refractivity contribution in [2.24, 2.45) is 0 Å². The van der Waals surface area contributed by atoms with Gasteiger partial charge in [-0.3, -0.25) is 0 Å². The smallest absolute Gasteiger partial charge is 0.0532 e. The number of hydrogen-bond acceptors (Lipinski definition) is 1. The SMILES string of the molecule is Cc1cc(C)c(C(Br)Cc2ccc(Br)cc2)s1. The monoisotopic (exact) mass is 372 g/mol. The van der Waals surface area contributed by atoms with Crippen LogP contribution in [0, 0.1) is 13.8 Å². The summed E-state index contributed by atoms with van der Waals surface area (Å²) in [4.78, 5) is 3.26. The number of hydrogen-bond donors (Lipinski definition) is 0. The Hall–Kier alpha value is -0.120. The van der Waals surface area contributed by atoms with Crippen LogP contribution in [0.4, 0.5) is 0 Å². The third-order valence-electron chi connectivity index (χ3n) is 2.69. The Labute approximate surface area is 123 Å². The van der Waals surface area contributed by atoms with Gasteiger partial charge in [0.05, 0.1) is 4.83 Å². The van der Waals surface area contributed by atoms with Gasteiger partial charge in [0.25, 0.3) is 0 Å². The fraction of sp³-hybridized carbons (Fsp3) is 0.286. The van der Waals surface area contributed by atoms with E-state index in [1.807, 2.05) is 11.3 Å². The molecule has 90 valence electrons. The van der Waals surface area contributed by atoms with Gasteiger partial charge < -0.3 is 0 Å². The normalized spacial score (nSPS) is 12.7. The van der Waals surface area contributed by atoms with Crippen molar-refractivity contribution in [3.63, 3.8) is 0 Å². The number of thiophene rings is 1. The zero-order chi connectivity index (χ0) is 12.4. The van der Waals surface area contributed by atoms with Gasteiger partial charge in [-0.25, -0.2) is 0 Å². The van der Waals surface area contributed by atoms with Crippen molar-refractivity contribution in [2.75, 3.05) is 0 Å². The number of halogens is 2. The van der Waals surface area contributed by atoms with Crippen molar-refractivity contribution >= 4 is 43.2 Å². The second-order valence-electron chi connectivity index (χ2n) is 4.20. The van der Waals surface area contributed by atoms with E-state index >= 15 is 0 Å². The molecule has 1 unspecified atom stereocenters. The molecule has 17 heavy (non-hydrogen) atoms. The molecule has 0 saturated carbocycles. The van der Waals surface area contributed by atoms with Crippen LogP contribution in [0.2, 0.25) is 0 Å². The van der Waals surface area contributed by atoms with Gasteiger partial charge in [-0.15, -0.1) is 11.3 Å². The number of aryl methyl sites for hydroxylation is 2. The second kappa shape index (κ2) is 5.68. The van der Waals surface area contributed by atoms with E-state index < -0.39 is 0 Å². The predicted molar refractivity (Wildman–Crippen MR) is 83.3 cm³/mol. The first-order chi connectivity index (χ1) is 8.06. The zero-order valence-electron chi connectivity index (χ0n) is 9.84. The summed E-state index contributed by atoms with van der Waals surface area (Å²) in [6.07, 6.45) is 1.04.